The van der Waals surface area contributed by atoms with Crippen LogP contribution < -0.4 is 10.4 Å². The Hall–Kier alpha value is -1.94. The average Bonchev–Trinajstić information content (AvgIpc) is 2.98. The normalized spacial score (nSPS) is 18.1. The van der Waals surface area contributed by atoms with Crippen molar-refractivity contribution in [3.05, 3.63) is 11.6 Å². The number of imide groups is 1. The van der Waals surface area contributed by atoms with Crippen LogP contribution in [0, 0.1) is 0 Å². The number of carboxylic acid groups (broad SMARTS) is 1. The first-order valence-corrected chi connectivity index (χ1v) is 7.64. The topological polar surface area (TPSA) is 120 Å². The van der Waals surface area contributed by atoms with Crippen LogP contribution >= 0.6 is 23.1 Å². The van der Waals surface area contributed by atoms with Gasteiger partial charge in [0.05, 0.1) is 0 Å². The summed E-state index contributed by atoms with van der Waals surface area (Å²) in [7, 11) is 0. The van der Waals surface area contributed by atoms with E-state index in [1.165, 1.54) is 17.5 Å². The van der Waals surface area contributed by atoms with Gasteiger partial charge in [0, 0.05) is 36.9 Å². The first-order chi connectivity index (χ1) is 9.97. The lowest BCUT2D eigenvalue weighted by atomic mass is 10.2. The number of carbonyl (C=O) groups excluding carboxylic acids is 4. The summed E-state index contributed by atoms with van der Waals surface area (Å²) in [4.78, 5) is 50.4. The molecule has 0 bridgehead atoms. The van der Waals surface area contributed by atoms with E-state index in [9.17, 15) is 24.3 Å². The highest BCUT2D eigenvalue weighted by Gasteiger charge is 2.40. The number of nitrogens with zero attached hydrogens (tertiary/aromatic N) is 2. The molecule has 1 aliphatic heterocycles. The Labute approximate surface area is 127 Å². The maximum atomic E-state index is 11.9. The molecule has 10 heteroatoms. The van der Waals surface area contributed by atoms with Gasteiger partial charge in [0.2, 0.25) is 11.8 Å². The van der Waals surface area contributed by atoms with Gasteiger partial charge in [-0.25, -0.2) is 4.98 Å². The second-order valence-electron chi connectivity index (χ2n) is 4.07. The van der Waals surface area contributed by atoms with Crippen molar-refractivity contribution in [2.45, 2.75) is 18.1 Å². The first-order valence-electron chi connectivity index (χ1n) is 5.88. The van der Waals surface area contributed by atoms with E-state index >= 15 is 0 Å². The molecule has 1 N–H and O–H groups in total. The zero-order valence-corrected chi connectivity index (χ0v) is 12.2. The molecule has 21 heavy (non-hydrogen) atoms. The summed E-state index contributed by atoms with van der Waals surface area (Å²) in [6, 6.07) is 0. The number of carboxylic acids is 1. The van der Waals surface area contributed by atoms with Crippen LogP contribution in [0.2, 0.25) is 0 Å². The third kappa shape index (κ3) is 4.02. The predicted octanol–water partition coefficient (Wildman–Crippen LogP) is -0.324. The number of nitrogens with one attached hydrogen (secondary N) is 1. The number of aliphatic carboxylic acids is 1. The quantitative estimate of drug-likeness (QED) is 0.759. The van der Waals surface area contributed by atoms with Gasteiger partial charge in [-0.3, -0.25) is 19.3 Å². The van der Waals surface area contributed by atoms with E-state index in [0.717, 1.165) is 16.7 Å². The zero-order valence-electron chi connectivity index (χ0n) is 10.6. The van der Waals surface area contributed by atoms with E-state index in [4.69, 9.17) is 0 Å². The van der Waals surface area contributed by atoms with Gasteiger partial charge >= 0.3 is 0 Å². The van der Waals surface area contributed by atoms with Crippen molar-refractivity contribution in [3.63, 3.8) is 0 Å². The average molecular weight is 328 g/mol. The Morgan fingerprint density at radius 1 is 1.43 bits per heavy atom. The summed E-state index contributed by atoms with van der Waals surface area (Å²) < 4.78 is 0. The summed E-state index contributed by atoms with van der Waals surface area (Å²) in [6.07, 6.45) is 0.938. The monoisotopic (exact) mass is 328 g/mol. The summed E-state index contributed by atoms with van der Waals surface area (Å²) in [5.74, 6) is -2.32. The van der Waals surface area contributed by atoms with Crippen LogP contribution in [-0.2, 0) is 14.4 Å². The minimum absolute atomic E-state index is 0.170. The Bertz CT molecular complexity index is 574. The lowest BCUT2D eigenvalue weighted by Gasteiger charge is -2.13. The standard InChI is InChI=1S/C11H11N3O5S2/c15-7(13-10-12-2-4-20-10)5-6-9(18)14(11(19)21-6)3-1-8(16)17/h2,4,6H,1,3,5H2,(H,16,17)(H,12,13,15)/p-1/t6-/m0/s1. The van der Waals surface area contributed by atoms with Crippen LogP contribution in [0.3, 0.4) is 0 Å². The second-order valence-corrected chi connectivity index (χ2v) is 6.12. The molecule has 0 spiro atoms. The fourth-order valence-electron chi connectivity index (χ4n) is 1.66. The third-order valence-electron chi connectivity index (χ3n) is 2.59. The molecule has 0 aliphatic carbocycles. The smallest absolute Gasteiger partial charge is 0.289 e. The Kier molecular flexibility index (Phi) is 4.91. The van der Waals surface area contributed by atoms with E-state index in [1.807, 2.05) is 0 Å². The number of aromatic nitrogens is 1. The molecule has 8 nitrogen and oxygen atoms in total. The number of anilines is 1. The molecule has 0 saturated carbocycles. The van der Waals surface area contributed by atoms with Crippen molar-refractivity contribution < 1.29 is 24.3 Å². The molecule has 1 atom stereocenters. The fourth-order valence-corrected chi connectivity index (χ4v) is 3.22. The molecule has 1 aliphatic rings. The van der Waals surface area contributed by atoms with Crippen molar-refractivity contribution in [1.82, 2.24) is 9.88 Å². The lowest BCUT2D eigenvalue weighted by Crippen LogP contribution is -2.36. The third-order valence-corrected chi connectivity index (χ3v) is 4.36. The summed E-state index contributed by atoms with van der Waals surface area (Å²) in [5.41, 5.74) is 0. The van der Waals surface area contributed by atoms with Gasteiger partial charge in [0.15, 0.2) is 5.13 Å². The maximum absolute atomic E-state index is 11.9. The van der Waals surface area contributed by atoms with Crippen LogP contribution in [0.1, 0.15) is 12.8 Å². The van der Waals surface area contributed by atoms with Gasteiger partial charge in [-0.2, -0.15) is 0 Å². The van der Waals surface area contributed by atoms with Crippen LogP contribution in [0.4, 0.5) is 9.93 Å². The molecule has 1 aromatic heterocycles. The van der Waals surface area contributed by atoms with Crippen molar-refractivity contribution >= 4 is 51.3 Å². The summed E-state index contributed by atoms with van der Waals surface area (Å²) in [5, 5.41) is 13.6. The molecule has 1 saturated heterocycles. The van der Waals surface area contributed by atoms with E-state index in [2.05, 4.69) is 10.3 Å². The number of hydrogen-bond acceptors (Lipinski definition) is 8. The van der Waals surface area contributed by atoms with Crippen LogP contribution in [0.25, 0.3) is 0 Å². The van der Waals surface area contributed by atoms with Crippen molar-refractivity contribution in [3.8, 4) is 0 Å². The number of thioether (sulfide) groups is 1. The van der Waals surface area contributed by atoms with Gasteiger partial charge in [-0.15, -0.1) is 11.3 Å². The van der Waals surface area contributed by atoms with Crippen LogP contribution in [0.15, 0.2) is 11.6 Å². The van der Waals surface area contributed by atoms with Gasteiger partial charge < -0.3 is 15.2 Å². The van der Waals surface area contributed by atoms with E-state index in [0.29, 0.717) is 5.13 Å². The van der Waals surface area contributed by atoms with Gasteiger partial charge in [0.1, 0.15) is 5.25 Å². The minimum Gasteiger partial charge on any atom is -0.550 e. The van der Waals surface area contributed by atoms with Gasteiger partial charge in [-0.1, -0.05) is 11.8 Å². The number of amides is 3. The van der Waals surface area contributed by atoms with Crippen LogP contribution in [-0.4, -0.2) is 44.7 Å². The van der Waals surface area contributed by atoms with Gasteiger partial charge in [-0.05, 0) is 0 Å². The van der Waals surface area contributed by atoms with Crippen molar-refractivity contribution in [1.29, 1.82) is 0 Å². The molecule has 2 heterocycles. The zero-order chi connectivity index (χ0) is 15.4. The Morgan fingerprint density at radius 3 is 2.81 bits per heavy atom. The molecular formula is C11H10N3O5S2-. The minimum atomic E-state index is -1.34. The lowest BCUT2D eigenvalue weighted by molar-refractivity contribution is -0.305. The maximum Gasteiger partial charge on any atom is 0.289 e. The van der Waals surface area contributed by atoms with Gasteiger partial charge in [0.25, 0.3) is 5.24 Å². The second kappa shape index (κ2) is 6.68. The van der Waals surface area contributed by atoms with Crippen molar-refractivity contribution in [2.75, 3.05) is 11.9 Å². The van der Waals surface area contributed by atoms with Crippen molar-refractivity contribution in [2.24, 2.45) is 0 Å². The molecule has 3 amide bonds. The predicted molar refractivity (Wildman–Crippen MR) is 73.5 cm³/mol. The Balaban J connectivity index is 1.89. The molecule has 1 aromatic rings. The Morgan fingerprint density at radius 2 is 2.19 bits per heavy atom. The highest BCUT2D eigenvalue weighted by molar-refractivity contribution is 8.15. The molecule has 112 valence electrons. The largest absolute Gasteiger partial charge is 0.550 e. The molecule has 1 fully saturated rings. The molecule has 0 unspecified atom stereocenters. The number of rotatable bonds is 6. The number of thiazole rings is 1. The molecule has 0 radical (unpaired) electrons. The van der Waals surface area contributed by atoms with Crippen LogP contribution in [0.5, 0.6) is 0 Å². The first kappa shape index (κ1) is 15.4. The summed E-state index contributed by atoms with van der Waals surface area (Å²) in [6.45, 7) is -0.238. The fraction of sp³-hybridized carbons (Fsp3) is 0.364. The number of hydrogen-bond donors (Lipinski definition) is 1. The molecular weight excluding hydrogens is 318 g/mol. The van der Waals surface area contributed by atoms with E-state index in [1.54, 1.807) is 5.38 Å². The van der Waals surface area contributed by atoms with E-state index in [-0.39, 0.29) is 13.0 Å². The molecule has 0 aromatic carbocycles. The summed E-state index contributed by atoms with van der Waals surface area (Å²) >= 11 is 1.96. The highest BCUT2D eigenvalue weighted by atomic mass is 32.2. The number of carbonyl (C=O) groups is 4. The van der Waals surface area contributed by atoms with E-state index < -0.39 is 34.7 Å². The SMILES string of the molecule is O=C([O-])CCN1C(=O)S[C@@H](CC(=O)Nc2nccs2)C1=O. The highest BCUT2D eigenvalue weighted by Crippen LogP contribution is 2.29. The molecule has 2 rings (SSSR count).